The van der Waals surface area contributed by atoms with Crippen molar-refractivity contribution in [2.75, 3.05) is 30.9 Å². The molecule has 1 aromatic heterocycles. The Morgan fingerprint density at radius 1 is 1.20 bits per heavy atom. The van der Waals surface area contributed by atoms with E-state index in [1.165, 1.54) is 18.5 Å². The van der Waals surface area contributed by atoms with Crippen LogP contribution < -0.4 is 10.6 Å². The second kappa shape index (κ2) is 7.31. The zero-order valence-corrected chi connectivity index (χ0v) is 14.0. The maximum atomic E-state index is 14.1. The number of hydrogen-bond acceptors (Lipinski definition) is 6. The molecule has 130 valence electrons. The van der Waals surface area contributed by atoms with E-state index in [2.05, 4.69) is 20.6 Å². The molecule has 0 spiro atoms. The third-order valence-electron chi connectivity index (χ3n) is 3.81. The van der Waals surface area contributed by atoms with Gasteiger partial charge in [0, 0.05) is 30.8 Å². The maximum Gasteiger partial charge on any atom is 0.147 e. The molecule has 2 aromatic carbocycles. The van der Waals surface area contributed by atoms with Gasteiger partial charge in [0.25, 0.3) is 0 Å². The maximum absolute atomic E-state index is 14.1. The number of aromatic hydroxyl groups is 1. The quantitative estimate of drug-likeness (QED) is 0.594. The van der Waals surface area contributed by atoms with Crippen molar-refractivity contribution in [3.8, 4) is 5.75 Å². The number of halogens is 1. The van der Waals surface area contributed by atoms with Crippen LogP contribution in [-0.4, -0.2) is 35.3 Å². The summed E-state index contributed by atoms with van der Waals surface area (Å²) in [5.41, 5.74) is 2.26. The van der Waals surface area contributed by atoms with Crippen molar-refractivity contribution in [1.29, 1.82) is 0 Å². The number of aromatic nitrogens is 2. The summed E-state index contributed by atoms with van der Waals surface area (Å²) in [5, 5.41) is 16.7. The number of aryl methyl sites for hydroxylation is 1. The van der Waals surface area contributed by atoms with Crippen LogP contribution in [-0.2, 0) is 4.74 Å². The summed E-state index contributed by atoms with van der Waals surface area (Å²) >= 11 is 0. The number of fused-ring (bicyclic) bond motifs is 1. The lowest BCUT2D eigenvalue weighted by Crippen LogP contribution is -2.07. The van der Waals surface area contributed by atoms with Gasteiger partial charge in [-0.25, -0.2) is 14.4 Å². The van der Waals surface area contributed by atoms with Gasteiger partial charge in [-0.3, -0.25) is 0 Å². The molecule has 0 aliphatic rings. The summed E-state index contributed by atoms with van der Waals surface area (Å²) in [5.74, 6) is 0.0300. The van der Waals surface area contributed by atoms with Crippen LogP contribution in [0.2, 0.25) is 0 Å². The molecule has 7 heteroatoms. The molecule has 3 aromatic rings. The van der Waals surface area contributed by atoms with Crippen LogP contribution in [0.25, 0.3) is 10.9 Å². The second-order valence-corrected chi connectivity index (χ2v) is 5.62. The Morgan fingerprint density at radius 2 is 2.04 bits per heavy atom. The Labute approximate surface area is 144 Å². The standard InChI is InChI=1S/C18H19FN4O2/c1-11-7-14(19)16(9-17(11)24)23-18-13-4-3-12(20-5-6-25-2)8-15(13)21-10-22-18/h3-4,7-10,20,24H,5-6H2,1-2H3,(H,21,22,23). The SMILES string of the molecule is COCCNc1ccc2c(Nc3cc(O)c(C)cc3F)ncnc2c1. The van der Waals surface area contributed by atoms with E-state index in [4.69, 9.17) is 4.74 Å². The fourth-order valence-electron chi connectivity index (χ4n) is 2.45. The molecule has 0 bridgehead atoms. The van der Waals surface area contributed by atoms with Crippen molar-refractivity contribution >= 4 is 28.1 Å². The van der Waals surface area contributed by atoms with Gasteiger partial charge in [-0.15, -0.1) is 0 Å². The van der Waals surface area contributed by atoms with Crippen molar-refractivity contribution in [3.05, 3.63) is 48.0 Å². The predicted octanol–water partition coefficient (Wildman–Crippen LogP) is 3.58. The molecule has 25 heavy (non-hydrogen) atoms. The first-order chi connectivity index (χ1) is 12.1. The number of methoxy groups -OCH3 is 1. The van der Waals surface area contributed by atoms with Gasteiger partial charge in [0.05, 0.1) is 17.8 Å². The summed E-state index contributed by atoms with van der Waals surface area (Å²) in [7, 11) is 1.65. The molecule has 0 fully saturated rings. The molecule has 0 saturated heterocycles. The van der Waals surface area contributed by atoms with E-state index in [0.29, 0.717) is 24.5 Å². The lowest BCUT2D eigenvalue weighted by molar-refractivity contribution is 0.211. The van der Waals surface area contributed by atoms with E-state index < -0.39 is 5.82 Å². The largest absolute Gasteiger partial charge is 0.508 e. The fourth-order valence-corrected chi connectivity index (χ4v) is 2.45. The zero-order chi connectivity index (χ0) is 17.8. The van der Waals surface area contributed by atoms with Gasteiger partial charge in [0.2, 0.25) is 0 Å². The number of phenols is 1. The van der Waals surface area contributed by atoms with Gasteiger partial charge >= 0.3 is 0 Å². The Kier molecular flexibility index (Phi) is 4.95. The van der Waals surface area contributed by atoms with E-state index in [9.17, 15) is 9.50 Å². The molecule has 0 radical (unpaired) electrons. The number of rotatable bonds is 6. The van der Waals surface area contributed by atoms with E-state index in [-0.39, 0.29) is 11.4 Å². The van der Waals surface area contributed by atoms with Crippen molar-refractivity contribution in [2.45, 2.75) is 6.92 Å². The van der Waals surface area contributed by atoms with Gasteiger partial charge < -0.3 is 20.5 Å². The van der Waals surface area contributed by atoms with Crippen LogP contribution in [0.5, 0.6) is 5.75 Å². The van der Waals surface area contributed by atoms with Crippen molar-refractivity contribution < 1.29 is 14.2 Å². The molecule has 1 heterocycles. The van der Waals surface area contributed by atoms with E-state index in [1.807, 2.05) is 18.2 Å². The van der Waals surface area contributed by atoms with Crippen LogP contribution >= 0.6 is 0 Å². The molecule has 0 aliphatic carbocycles. The summed E-state index contributed by atoms with van der Waals surface area (Å²) in [6.07, 6.45) is 1.41. The molecule has 3 N–H and O–H groups in total. The Bertz CT molecular complexity index is 902. The average Bonchev–Trinajstić information content (AvgIpc) is 2.60. The minimum atomic E-state index is -0.458. The van der Waals surface area contributed by atoms with Crippen LogP contribution in [0.15, 0.2) is 36.7 Å². The van der Waals surface area contributed by atoms with E-state index in [0.717, 1.165) is 16.6 Å². The van der Waals surface area contributed by atoms with Gasteiger partial charge in [-0.2, -0.15) is 0 Å². The number of benzene rings is 2. The highest BCUT2D eigenvalue weighted by Gasteiger charge is 2.10. The highest BCUT2D eigenvalue weighted by Crippen LogP contribution is 2.29. The zero-order valence-electron chi connectivity index (χ0n) is 14.0. The highest BCUT2D eigenvalue weighted by atomic mass is 19.1. The minimum absolute atomic E-state index is 0.0203. The molecule has 0 atom stereocenters. The number of ether oxygens (including phenoxy) is 1. The minimum Gasteiger partial charge on any atom is -0.508 e. The number of nitrogens with one attached hydrogen (secondary N) is 2. The van der Waals surface area contributed by atoms with Crippen LogP contribution in [0, 0.1) is 12.7 Å². The second-order valence-electron chi connectivity index (χ2n) is 5.62. The average molecular weight is 342 g/mol. The Balaban J connectivity index is 1.91. The van der Waals surface area contributed by atoms with Gasteiger partial charge in [0.15, 0.2) is 0 Å². The number of anilines is 3. The Morgan fingerprint density at radius 3 is 2.84 bits per heavy atom. The molecular weight excluding hydrogens is 323 g/mol. The lowest BCUT2D eigenvalue weighted by atomic mass is 10.1. The van der Waals surface area contributed by atoms with Gasteiger partial charge in [0.1, 0.15) is 23.7 Å². The lowest BCUT2D eigenvalue weighted by Gasteiger charge is -2.12. The molecular formula is C18H19FN4O2. The monoisotopic (exact) mass is 342 g/mol. The van der Waals surface area contributed by atoms with Gasteiger partial charge in [-0.05, 0) is 36.8 Å². The smallest absolute Gasteiger partial charge is 0.147 e. The van der Waals surface area contributed by atoms with Crippen LogP contribution in [0.4, 0.5) is 21.6 Å². The first kappa shape index (κ1) is 16.9. The predicted molar refractivity (Wildman–Crippen MR) is 96.0 cm³/mol. The first-order valence-electron chi connectivity index (χ1n) is 7.82. The summed E-state index contributed by atoms with van der Waals surface area (Å²) in [4.78, 5) is 8.45. The third-order valence-corrected chi connectivity index (χ3v) is 3.81. The molecule has 0 unspecified atom stereocenters. The van der Waals surface area contributed by atoms with E-state index in [1.54, 1.807) is 14.0 Å². The summed E-state index contributed by atoms with van der Waals surface area (Å²) in [6, 6.07) is 8.27. The number of hydrogen-bond donors (Lipinski definition) is 3. The Hall–Kier alpha value is -2.93. The van der Waals surface area contributed by atoms with Gasteiger partial charge in [-0.1, -0.05) is 0 Å². The van der Waals surface area contributed by atoms with Crippen LogP contribution in [0.1, 0.15) is 5.56 Å². The molecule has 3 rings (SSSR count). The summed E-state index contributed by atoms with van der Waals surface area (Å²) in [6.45, 7) is 2.93. The highest BCUT2D eigenvalue weighted by molar-refractivity contribution is 5.92. The van der Waals surface area contributed by atoms with Crippen molar-refractivity contribution in [1.82, 2.24) is 9.97 Å². The fraction of sp³-hybridized carbons (Fsp3) is 0.222. The first-order valence-corrected chi connectivity index (χ1v) is 7.82. The molecule has 0 saturated carbocycles. The normalized spacial score (nSPS) is 10.8. The molecule has 0 amide bonds. The topological polar surface area (TPSA) is 79.3 Å². The van der Waals surface area contributed by atoms with Crippen molar-refractivity contribution in [3.63, 3.8) is 0 Å². The third kappa shape index (κ3) is 3.77. The molecule has 0 aliphatic heterocycles. The number of nitrogens with zero attached hydrogens (tertiary/aromatic N) is 2. The molecule has 6 nitrogen and oxygen atoms in total. The van der Waals surface area contributed by atoms with Crippen LogP contribution in [0.3, 0.4) is 0 Å². The van der Waals surface area contributed by atoms with E-state index >= 15 is 0 Å². The van der Waals surface area contributed by atoms with Crippen molar-refractivity contribution in [2.24, 2.45) is 0 Å². The number of phenolic OH excluding ortho intramolecular Hbond substituents is 1. The summed E-state index contributed by atoms with van der Waals surface area (Å²) < 4.78 is 19.1.